The molecule has 0 radical (unpaired) electrons. The number of aliphatic hydroxyl groups is 1. The van der Waals surface area contributed by atoms with E-state index in [2.05, 4.69) is 0 Å². The SMILES string of the molecule is CC(C)(C)OC(=O)/C(C#N)=C(\O)CCl. The minimum absolute atomic E-state index is 0.290. The Hall–Kier alpha value is -1.21. The first-order valence-electron chi connectivity index (χ1n) is 3.93. The molecule has 0 aromatic heterocycles. The number of halogens is 1. The van der Waals surface area contributed by atoms with Gasteiger partial charge in [0, 0.05) is 0 Å². The van der Waals surface area contributed by atoms with Crippen LogP contribution in [-0.4, -0.2) is 22.6 Å². The minimum Gasteiger partial charge on any atom is -0.509 e. The maximum atomic E-state index is 11.3. The van der Waals surface area contributed by atoms with E-state index in [-0.39, 0.29) is 5.88 Å². The topological polar surface area (TPSA) is 70.3 Å². The number of hydrogen-bond acceptors (Lipinski definition) is 4. The smallest absolute Gasteiger partial charge is 0.352 e. The van der Waals surface area contributed by atoms with Gasteiger partial charge in [-0.05, 0) is 20.8 Å². The molecule has 0 aliphatic heterocycles. The number of esters is 1. The van der Waals surface area contributed by atoms with Crippen molar-refractivity contribution in [1.82, 2.24) is 0 Å². The summed E-state index contributed by atoms with van der Waals surface area (Å²) in [6, 6.07) is 1.55. The summed E-state index contributed by atoms with van der Waals surface area (Å²) in [6.45, 7) is 4.99. The number of nitriles is 1. The Morgan fingerprint density at radius 1 is 1.57 bits per heavy atom. The lowest BCUT2D eigenvalue weighted by molar-refractivity contribution is -0.149. The third kappa shape index (κ3) is 4.15. The van der Waals surface area contributed by atoms with Crippen LogP contribution in [-0.2, 0) is 9.53 Å². The zero-order valence-corrected chi connectivity index (χ0v) is 9.05. The number of alkyl halides is 1. The van der Waals surface area contributed by atoms with Crippen LogP contribution in [0, 0.1) is 11.3 Å². The summed E-state index contributed by atoms with van der Waals surface area (Å²) in [5, 5.41) is 17.7. The molecule has 0 bridgehead atoms. The molecule has 5 heteroatoms. The number of carbonyl (C=O) groups is 1. The molecule has 14 heavy (non-hydrogen) atoms. The van der Waals surface area contributed by atoms with Crippen molar-refractivity contribution in [2.45, 2.75) is 26.4 Å². The summed E-state index contributed by atoms with van der Waals surface area (Å²) in [4.78, 5) is 11.3. The maximum absolute atomic E-state index is 11.3. The van der Waals surface area contributed by atoms with Gasteiger partial charge in [-0.15, -0.1) is 11.6 Å². The summed E-state index contributed by atoms with van der Waals surface area (Å²) in [5.41, 5.74) is -1.15. The van der Waals surface area contributed by atoms with Crippen molar-refractivity contribution in [2.24, 2.45) is 0 Å². The summed E-state index contributed by atoms with van der Waals surface area (Å²) >= 11 is 5.27. The summed E-state index contributed by atoms with van der Waals surface area (Å²) < 4.78 is 4.88. The maximum Gasteiger partial charge on any atom is 0.352 e. The first-order valence-corrected chi connectivity index (χ1v) is 4.46. The van der Waals surface area contributed by atoms with E-state index in [1.807, 2.05) is 0 Å². The van der Waals surface area contributed by atoms with Gasteiger partial charge in [0.25, 0.3) is 0 Å². The third-order valence-electron chi connectivity index (χ3n) is 1.13. The van der Waals surface area contributed by atoms with Crippen LogP contribution in [0.15, 0.2) is 11.3 Å². The second kappa shape index (κ2) is 4.87. The fourth-order valence-electron chi connectivity index (χ4n) is 0.624. The average molecular weight is 218 g/mol. The van der Waals surface area contributed by atoms with Crippen molar-refractivity contribution in [3.8, 4) is 6.07 Å². The van der Waals surface area contributed by atoms with Gasteiger partial charge in [-0.1, -0.05) is 0 Å². The van der Waals surface area contributed by atoms with Crippen molar-refractivity contribution in [1.29, 1.82) is 5.26 Å². The lowest BCUT2D eigenvalue weighted by Gasteiger charge is -2.19. The predicted molar refractivity (Wildman–Crippen MR) is 51.8 cm³/mol. The molecular weight excluding hydrogens is 206 g/mol. The lowest BCUT2D eigenvalue weighted by atomic mass is 10.2. The first-order chi connectivity index (χ1) is 6.31. The Balaban J connectivity index is 4.78. The summed E-state index contributed by atoms with van der Waals surface area (Å²) in [7, 11) is 0. The van der Waals surface area contributed by atoms with Crippen LogP contribution in [0.25, 0.3) is 0 Å². The second-order valence-corrected chi connectivity index (χ2v) is 3.84. The predicted octanol–water partition coefficient (Wildman–Crippen LogP) is 1.90. The van der Waals surface area contributed by atoms with E-state index in [1.54, 1.807) is 26.8 Å². The quantitative estimate of drug-likeness (QED) is 0.252. The molecule has 0 unspecified atom stereocenters. The van der Waals surface area contributed by atoms with E-state index in [9.17, 15) is 4.79 Å². The van der Waals surface area contributed by atoms with Crippen molar-refractivity contribution in [2.75, 3.05) is 5.88 Å². The van der Waals surface area contributed by atoms with E-state index in [0.717, 1.165) is 0 Å². The highest BCUT2D eigenvalue weighted by Crippen LogP contribution is 2.12. The van der Waals surface area contributed by atoms with Crippen LogP contribution >= 0.6 is 11.6 Å². The molecule has 0 heterocycles. The molecule has 0 aromatic rings. The molecule has 0 rings (SSSR count). The molecule has 1 N–H and O–H groups in total. The first kappa shape index (κ1) is 12.8. The molecule has 78 valence electrons. The number of hydrogen-bond donors (Lipinski definition) is 1. The highest BCUT2D eigenvalue weighted by molar-refractivity contribution is 6.19. The van der Waals surface area contributed by atoms with Gasteiger partial charge < -0.3 is 9.84 Å². The van der Waals surface area contributed by atoms with Crippen molar-refractivity contribution < 1.29 is 14.6 Å². The third-order valence-corrected chi connectivity index (χ3v) is 1.38. The van der Waals surface area contributed by atoms with E-state index >= 15 is 0 Å². The fraction of sp³-hybridized carbons (Fsp3) is 0.556. The number of aliphatic hydroxyl groups excluding tert-OH is 1. The standard InChI is InChI=1S/C9H12ClNO3/c1-9(2,3)14-8(13)6(5-11)7(12)4-10/h12H,4H2,1-3H3/b7-6-. The summed E-state index contributed by atoms with van der Waals surface area (Å²) in [6.07, 6.45) is 0. The zero-order valence-electron chi connectivity index (χ0n) is 8.30. The second-order valence-electron chi connectivity index (χ2n) is 3.57. The normalized spacial score (nSPS) is 12.8. The van der Waals surface area contributed by atoms with E-state index in [0.29, 0.717) is 0 Å². The van der Waals surface area contributed by atoms with E-state index < -0.39 is 22.9 Å². The minimum atomic E-state index is -0.863. The monoisotopic (exact) mass is 217 g/mol. The molecule has 0 aliphatic carbocycles. The van der Waals surface area contributed by atoms with Gasteiger partial charge in [0.2, 0.25) is 0 Å². The molecular formula is C9H12ClNO3. The Bertz CT molecular complexity index is 296. The molecule has 0 aliphatic rings. The summed E-state index contributed by atoms with van der Waals surface area (Å²) in [5.74, 6) is -1.62. The van der Waals surface area contributed by atoms with Gasteiger partial charge >= 0.3 is 5.97 Å². The van der Waals surface area contributed by atoms with Gasteiger partial charge in [-0.2, -0.15) is 5.26 Å². The molecule has 0 spiro atoms. The van der Waals surface area contributed by atoms with Crippen LogP contribution in [0.3, 0.4) is 0 Å². The van der Waals surface area contributed by atoms with Crippen LogP contribution in [0.1, 0.15) is 20.8 Å². The Labute approximate surface area is 87.7 Å². The van der Waals surface area contributed by atoms with Crippen molar-refractivity contribution in [3.63, 3.8) is 0 Å². The Morgan fingerprint density at radius 2 is 2.07 bits per heavy atom. The molecule has 0 aromatic carbocycles. The van der Waals surface area contributed by atoms with Crippen molar-refractivity contribution >= 4 is 17.6 Å². The highest BCUT2D eigenvalue weighted by atomic mass is 35.5. The van der Waals surface area contributed by atoms with Crippen molar-refractivity contribution in [3.05, 3.63) is 11.3 Å². The molecule has 4 nitrogen and oxygen atoms in total. The van der Waals surface area contributed by atoms with Gasteiger partial charge in [-0.25, -0.2) is 4.79 Å². The van der Waals surface area contributed by atoms with Gasteiger partial charge in [0.15, 0.2) is 5.57 Å². The Morgan fingerprint density at radius 3 is 2.36 bits per heavy atom. The molecule has 0 fully saturated rings. The van der Waals surface area contributed by atoms with Gasteiger partial charge in [0.1, 0.15) is 17.4 Å². The number of carbonyl (C=O) groups excluding carboxylic acids is 1. The largest absolute Gasteiger partial charge is 0.509 e. The zero-order chi connectivity index (χ0) is 11.4. The number of allylic oxidation sites excluding steroid dienone is 1. The van der Waals surface area contributed by atoms with Crippen LogP contribution in [0.2, 0.25) is 0 Å². The van der Waals surface area contributed by atoms with Crippen LogP contribution in [0.4, 0.5) is 0 Å². The lowest BCUT2D eigenvalue weighted by Crippen LogP contribution is -2.25. The highest BCUT2D eigenvalue weighted by Gasteiger charge is 2.22. The number of nitrogens with zero attached hydrogens (tertiary/aromatic N) is 1. The van der Waals surface area contributed by atoms with Crippen LogP contribution in [0.5, 0.6) is 0 Å². The van der Waals surface area contributed by atoms with Gasteiger partial charge in [0.05, 0.1) is 5.88 Å². The number of rotatable bonds is 2. The Kier molecular flexibility index (Phi) is 4.45. The van der Waals surface area contributed by atoms with Crippen LogP contribution < -0.4 is 0 Å². The fourth-order valence-corrected chi connectivity index (χ4v) is 0.758. The molecule has 0 saturated carbocycles. The number of ether oxygens (including phenoxy) is 1. The molecule has 0 amide bonds. The average Bonchev–Trinajstić information content (AvgIpc) is 2.01. The molecule has 0 saturated heterocycles. The van der Waals surface area contributed by atoms with Gasteiger partial charge in [-0.3, -0.25) is 0 Å². The molecule has 0 atom stereocenters. The van der Waals surface area contributed by atoms with E-state index in [1.165, 1.54) is 0 Å². The van der Waals surface area contributed by atoms with E-state index in [4.69, 9.17) is 26.7 Å².